The van der Waals surface area contributed by atoms with Crippen molar-refractivity contribution in [3.8, 4) is 11.5 Å². The summed E-state index contributed by atoms with van der Waals surface area (Å²) in [4.78, 5) is 4.81. The van der Waals surface area contributed by atoms with Crippen molar-refractivity contribution in [1.82, 2.24) is 15.1 Å². The summed E-state index contributed by atoms with van der Waals surface area (Å²) in [5, 5.41) is 3.14. The van der Waals surface area contributed by atoms with Gasteiger partial charge in [0.05, 0.1) is 7.11 Å². The first-order valence-corrected chi connectivity index (χ1v) is 7.58. The summed E-state index contributed by atoms with van der Waals surface area (Å²) in [6.45, 7) is 7.03. The van der Waals surface area contributed by atoms with Gasteiger partial charge >= 0.3 is 0 Å². The average Bonchev–Trinajstić information content (AvgIpc) is 2.50. The van der Waals surface area contributed by atoms with E-state index >= 15 is 0 Å². The van der Waals surface area contributed by atoms with E-state index in [4.69, 9.17) is 9.47 Å². The second-order valence-electron chi connectivity index (χ2n) is 5.51. The quantitative estimate of drug-likeness (QED) is 0.813. The van der Waals surface area contributed by atoms with E-state index in [1.165, 1.54) is 5.56 Å². The Kier molecular flexibility index (Phi) is 6.29. The molecule has 0 saturated carbocycles. The fourth-order valence-corrected chi connectivity index (χ4v) is 2.50. The van der Waals surface area contributed by atoms with Gasteiger partial charge in [-0.05, 0) is 31.8 Å². The van der Waals surface area contributed by atoms with Crippen molar-refractivity contribution in [2.75, 3.05) is 60.5 Å². The zero-order valence-electron chi connectivity index (χ0n) is 13.4. The second-order valence-corrected chi connectivity index (χ2v) is 5.51. The molecule has 5 nitrogen and oxygen atoms in total. The monoisotopic (exact) mass is 293 g/mol. The maximum atomic E-state index is 5.89. The van der Waals surface area contributed by atoms with Crippen LogP contribution >= 0.6 is 0 Å². The van der Waals surface area contributed by atoms with Crippen molar-refractivity contribution in [2.24, 2.45) is 0 Å². The van der Waals surface area contributed by atoms with Gasteiger partial charge in [-0.15, -0.1) is 0 Å². The average molecular weight is 293 g/mol. The molecule has 1 heterocycles. The van der Waals surface area contributed by atoms with Crippen LogP contribution in [0.25, 0.3) is 0 Å². The van der Waals surface area contributed by atoms with E-state index in [1.807, 2.05) is 19.2 Å². The highest BCUT2D eigenvalue weighted by atomic mass is 16.5. The molecule has 1 aliphatic heterocycles. The van der Waals surface area contributed by atoms with Crippen LogP contribution in [0.15, 0.2) is 18.2 Å². The van der Waals surface area contributed by atoms with E-state index < -0.39 is 0 Å². The summed E-state index contributed by atoms with van der Waals surface area (Å²) < 4.78 is 11.3. The van der Waals surface area contributed by atoms with Gasteiger partial charge < -0.3 is 19.7 Å². The van der Waals surface area contributed by atoms with Crippen LogP contribution in [0.2, 0.25) is 0 Å². The molecule has 5 heteroatoms. The second kappa shape index (κ2) is 8.22. The molecule has 0 bridgehead atoms. The topological polar surface area (TPSA) is 37.0 Å². The molecule has 1 saturated heterocycles. The fraction of sp³-hybridized carbons (Fsp3) is 0.625. The summed E-state index contributed by atoms with van der Waals surface area (Å²) in [7, 11) is 5.80. The van der Waals surface area contributed by atoms with Gasteiger partial charge in [0.15, 0.2) is 11.5 Å². The molecule has 1 fully saturated rings. The molecule has 1 aromatic rings. The number of hydrogen-bond acceptors (Lipinski definition) is 5. The zero-order valence-corrected chi connectivity index (χ0v) is 13.4. The molecular weight excluding hydrogens is 266 g/mol. The van der Waals surface area contributed by atoms with Crippen molar-refractivity contribution in [3.63, 3.8) is 0 Å². The first-order chi connectivity index (χ1) is 10.2. The number of likely N-dealkylation sites (N-methyl/N-ethyl adjacent to an activating group) is 1. The minimum atomic E-state index is 0.700. The Morgan fingerprint density at radius 3 is 2.57 bits per heavy atom. The third-order valence-corrected chi connectivity index (χ3v) is 3.87. The Labute approximate surface area is 127 Å². The Morgan fingerprint density at radius 1 is 1.14 bits per heavy atom. The Balaban J connectivity index is 1.82. The summed E-state index contributed by atoms with van der Waals surface area (Å²) in [6, 6.07) is 6.10. The molecular formula is C16H27N3O2. The van der Waals surface area contributed by atoms with E-state index in [0.29, 0.717) is 6.61 Å². The predicted octanol–water partition coefficient (Wildman–Crippen LogP) is 1.04. The van der Waals surface area contributed by atoms with E-state index in [0.717, 1.165) is 50.8 Å². The number of nitrogens with zero attached hydrogens (tertiary/aromatic N) is 2. The molecule has 1 aliphatic rings. The molecule has 1 aromatic carbocycles. The number of methoxy groups -OCH3 is 1. The predicted molar refractivity (Wildman–Crippen MR) is 85.2 cm³/mol. The highest BCUT2D eigenvalue weighted by Gasteiger charge is 2.13. The number of nitrogens with one attached hydrogen (secondary N) is 1. The molecule has 2 rings (SSSR count). The van der Waals surface area contributed by atoms with Crippen molar-refractivity contribution < 1.29 is 9.47 Å². The van der Waals surface area contributed by atoms with Gasteiger partial charge in [-0.1, -0.05) is 6.07 Å². The summed E-state index contributed by atoms with van der Waals surface area (Å²) in [5.41, 5.74) is 1.20. The molecule has 0 atom stereocenters. The van der Waals surface area contributed by atoms with Gasteiger partial charge in [-0.25, -0.2) is 0 Å². The van der Waals surface area contributed by atoms with Crippen LogP contribution in [0.4, 0.5) is 0 Å². The smallest absolute Gasteiger partial charge is 0.161 e. The van der Waals surface area contributed by atoms with Crippen molar-refractivity contribution in [1.29, 1.82) is 0 Å². The van der Waals surface area contributed by atoms with Crippen LogP contribution in [-0.2, 0) is 6.54 Å². The van der Waals surface area contributed by atoms with Crippen LogP contribution in [0, 0.1) is 0 Å². The Morgan fingerprint density at radius 2 is 1.90 bits per heavy atom. The van der Waals surface area contributed by atoms with E-state index in [-0.39, 0.29) is 0 Å². The number of ether oxygens (including phenoxy) is 2. The van der Waals surface area contributed by atoms with Gasteiger partial charge in [0.1, 0.15) is 6.61 Å². The largest absolute Gasteiger partial charge is 0.493 e. The molecule has 1 N–H and O–H groups in total. The van der Waals surface area contributed by atoms with E-state index in [1.54, 1.807) is 7.11 Å². The highest BCUT2D eigenvalue weighted by Crippen LogP contribution is 2.28. The van der Waals surface area contributed by atoms with Crippen LogP contribution in [-0.4, -0.2) is 70.3 Å². The summed E-state index contributed by atoms with van der Waals surface area (Å²) >= 11 is 0. The Bertz CT molecular complexity index is 432. The lowest BCUT2D eigenvalue weighted by atomic mass is 10.2. The minimum Gasteiger partial charge on any atom is -0.493 e. The normalized spacial score (nSPS) is 16.9. The molecule has 0 amide bonds. The van der Waals surface area contributed by atoms with Crippen molar-refractivity contribution in [3.05, 3.63) is 23.8 Å². The third kappa shape index (κ3) is 4.88. The first kappa shape index (κ1) is 16.1. The van der Waals surface area contributed by atoms with Gasteiger partial charge in [-0.3, -0.25) is 4.90 Å². The number of benzene rings is 1. The van der Waals surface area contributed by atoms with Crippen LogP contribution in [0.3, 0.4) is 0 Å². The van der Waals surface area contributed by atoms with Crippen molar-refractivity contribution >= 4 is 0 Å². The third-order valence-electron chi connectivity index (χ3n) is 3.87. The lowest BCUT2D eigenvalue weighted by molar-refractivity contribution is 0.133. The lowest BCUT2D eigenvalue weighted by Crippen LogP contribution is -2.45. The van der Waals surface area contributed by atoms with E-state index in [9.17, 15) is 0 Å². The fourth-order valence-electron chi connectivity index (χ4n) is 2.50. The standard InChI is InChI=1S/C16H27N3O2/c1-17-13-14-4-5-15(16(12-14)20-3)21-11-10-19-8-6-18(2)7-9-19/h4-5,12,17H,6-11,13H2,1-3H3. The summed E-state index contributed by atoms with van der Waals surface area (Å²) in [5.74, 6) is 1.63. The maximum absolute atomic E-state index is 5.89. The summed E-state index contributed by atoms with van der Waals surface area (Å²) in [6.07, 6.45) is 0. The molecule has 0 radical (unpaired) electrons. The number of piperazine rings is 1. The molecule has 0 unspecified atom stereocenters. The molecule has 0 aliphatic carbocycles. The lowest BCUT2D eigenvalue weighted by Gasteiger charge is -2.32. The molecule has 21 heavy (non-hydrogen) atoms. The van der Waals surface area contributed by atoms with Crippen molar-refractivity contribution in [2.45, 2.75) is 6.54 Å². The molecule has 118 valence electrons. The van der Waals surface area contributed by atoms with Gasteiger partial charge in [0.25, 0.3) is 0 Å². The minimum absolute atomic E-state index is 0.700. The first-order valence-electron chi connectivity index (χ1n) is 7.58. The van der Waals surface area contributed by atoms with Crippen LogP contribution < -0.4 is 14.8 Å². The van der Waals surface area contributed by atoms with Gasteiger partial charge in [-0.2, -0.15) is 0 Å². The molecule has 0 spiro atoms. The van der Waals surface area contributed by atoms with Crippen LogP contribution in [0.1, 0.15) is 5.56 Å². The highest BCUT2D eigenvalue weighted by molar-refractivity contribution is 5.42. The van der Waals surface area contributed by atoms with Crippen LogP contribution in [0.5, 0.6) is 11.5 Å². The molecule has 0 aromatic heterocycles. The SMILES string of the molecule is CNCc1ccc(OCCN2CCN(C)CC2)c(OC)c1. The Hall–Kier alpha value is -1.30. The van der Waals surface area contributed by atoms with Gasteiger partial charge in [0, 0.05) is 39.3 Å². The number of hydrogen-bond donors (Lipinski definition) is 1. The van der Waals surface area contributed by atoms with E-state index in [2.05, 4.69) is 28.2 Å². The number of rotatable bonds is 7. The zero-order chi connectivity index (χ0) is 15.1. The maximum Gasteiger partial charge on any atom is 0.161 e. The van der Waals surface area contributed by atoms with Gasteiger partial charge in [0.2, 0.25) is 0 Å².